The second-order valence-corrected chi connectivity index (χ2v) is 5.43. The molecule has 0 N–H and O–H groups in total. The van der Waals surface area contributed by atoms with Crippen molar-refractivity contribution in [1.29, 1.82) is 0 Å². The minimum absolute atomic E-state index is 0.714. The van der Waals surface area contributed by atoms with E-state index in [1.165, 1.54) is 12.8 Å². The van der Waals surface area contributed by atoms with Gasteiger partial charge >= 0.3 is 0 Å². The Labute approximate surface area is 71.4 Å². The molecule has 0 aromatic heterocycles. The summed E-state index contributed by atoms with van der Waals surface area (Å²) in [5.74, 6) is 6.26. The van der Waals surface area contributed by atoms with E-state index in [2.05, 4.69) is 10.2 Å². The Hall–Kier alpha value is -0.400. The van der Waals surface area contributed by atoms with Crippen molar-refractivity contribution in [2.45, 2.75) is 24.9 Å². The van der Waals surface area contributed by atoms with E-state index >= 15 is 0 Å². The Morgan fingerprint density at radius 2 is 1.25 bits per heavy atom. The number of rotatable bonds is 0. The van der Waals surface area contributed by atoms with Gasteiger partial charge in [-0.3, -0.25) is 0 Å². The maximum atomic E-state index is 4.45. The fourth-order valence-corrected chi connectivity index (χ4v) is 5.72. The van der Waals surface area contributed by atoms with Gasteiger partial charge in [0.1, 0.15) is 0 Å². The van der Waals surface area contributed by atoms with Crippen molar-refractivity contribution in [3.8, 4) is 0 Å². The van der Waals surface area contributed by atoms with E-state index in [0.717, 1.165) is 35.5 Å². The van der Waals surface area contributed by atoms with Gasteiger partial charge in [0.2, 0.25) is 0 Å². The predicted molar refractivity (Wildman–Crippen MR) is 42.6 cm³/mol. The van der Waals surface area contributed by atoms with Gasteiger partial charge < -0.3 is 0 Å². The third-order valence-electron chi connectivity index (χ3n) is 5.61. The molecule has 8 atom stereocenters. The van der Waals surface area contributed by atoms with E-state index < -0.39 is 0 Å². The van der Waals surface area contributed by atoms with Crippen LogP contribution in [0.1, 0.15) is 12.8 Å². The molecule has 1 aliphatic heterocycles. The maximum Gasteiger partial charge on any atom is 0.0794 e. The van der Waals surface area contributed by atoms with Gasteiger partial charge in [0.25, 0.3) is 0 Å². The molecule has 0 aromatic carbocycles. The number of nitrogens with zero attached hydrogens (tertiary/aromatic N) is 2. The highest BCUT2D eigenvalue weighted by Gasteiger charge is 2.78. The summed E-state index contributed by atoms with van der Waals surface area (Å²) in [5.41, 5.74) is 0. The molecular formula is C10H12N2. The molecule has 0 amide bonds. The molecule has 8 bridgehead atoms. The third kappa shape index (κ3) is 0.289. The zero-order valence-corrected chi connectivity index (χ0v) is 6.93. The lowest BCUT2D eigenvalue weighted by Gasteiger charge is -2.29. The average Bonchev–Trinajstić information content (AvgIpc) is 2.84. The first kappa shape index (κ1) is 5.36. The molecule has 0 spiro atoms. The lowest BCUT2D eigenvalue weighted by atomic mass is 9.79. The maximum absolute atomic E-state index is 4.45. The second kappa shape index (κ2) is 1.28. The molecular weight excluding hydrogens is 148 g/mol. The lowest BCUT2D eigenvalue weighted by Crippen LogP contribution is -2.29. The second-order valence-electron chi connectivity index (χ2n) is 5.43. The van der Waals surface area contributed by atoms with Crippen LogP contribution < -0.4 is 0 Å². The Morgan fingerprint density at radius 3 is 1.83 bits per heavy atom. The smallest absolute Gasteiger partial charge is 0.0794 e. The zero-order valence-electron chi connectivity index (χ0n) is 6.93. The number of azo groups is 1. The molecule has 12 heavy (non-hydrogen) atoms. The van der Waals surface area contributed by atoms with Crippen LogP contribution in [0.5, 0.6) is 0 Å². The van der Waals surface area contributed by atoms with Crippen LogP contribution in [0.4, 0.5) is 0 Å². The van der Waals surface area contributed by atoms with Crippen LogP contribution in [0.3, 0.4) is 0 Å². The third-order valence-corrected chi connectivity index (χ3v) is 5.61. The summed E-state index contributed by atoms with van der Waals surface area (Å²) in [5, 5.41) is 8.91. The van der Waals surface area contributed by atoms with Crippen molar-refractivity contribution < 1.29 is 0 Å². The first-order chi connectivity index (χ1) is 5.97. The summed E-state index contributed by atoms with van der Waals surface area (Å²) < 4.78 is 0. The molecule has 2 nitrogen and oxygen atoms in total. The quantitative estimate of drug-likeness (QED) is 0.515. The zero-order chi connectivity index (χ0) is 7.45. The minimum Gasteiger partial charge on any atom is -0.190 e. The largest absolute Gasteiger partial charge is 0.190 e. The van der Waals surface area contributed by atoms with Crippen molar-refractivity contribution in [2.24, 2.45) is 45.7 Å². The molecule has 6 aliphatic rings. The summed E-state index contributed by atoms with van der Waals surface area (Å²) in [6.07, 6.45) is 3.07. The van der Waals surface area contributed by atoms with Gasteiger partial charge in [0.05, 0.1) is 12.1 Å². The predicted octanol–water partition coefficient (Wildman–Crippen LogP) is 1.72. The van der Waals surface area contributed by atoms with Crippen LogP contribution in [0.25, 0.3) is 0 Å². The van der Waals surface area contributed by atoms with Gasteiger partial charge in [-0.05, 0) is 42.4 Å². The SMILES string of the molecule is C1C[C@H]2C3C4[C@@H]5N=N[C@@H]4[C@H]2[C@H]5[C@H]13. The van der Waals surface area contributed by atoms with Crippen LogP contribution in [0, 0.1) is 35.5 Å². The van der Waals surface area contributed by atoms with E-state index in [-0.39, 0.29) is 0 Å². The molecule has 0 saturated heterocycles. The van der Waals surface area contributed by atoms with Crippen molar-refractivity contribution in [1.82, 2.24) is 0 Å². The van der Waals surface area contributed by atoms with E-state index in [0.29, 0.717) is 12.1 Å². The van der Waals surface area contributed by atoms with Crippen molar-refractivity contribution in [3.63, 3.8) is 0 Å². The molecule has 5 saturated carbocycles. The normalized spacial score (nSPS) is 78.7. The molecule has 5 aliphatic carbocycles. The molecule has 5 fully saturated rings. The fraction of sp³-hybridized carbons (Fsp3) is 1.00. The Kier molecular flexibility index (Phi) is 0.572. The highest BCUT2D eigenvalue weighted by atomic mass is 15.3. The number of hydrogen-bond donors (Lipinski definition) is 0. The van der Waals surface area contributed by atoms with Crippen molar-refractivity contribution in [3.05, 3.63) is 0 Å². The highest BCUT2D eigenvalue weighted by Crippen LogP contribution is 2.77. The first-order valence-corrected chi connectivity index (χ1v) is 5.37. The Bertz CT molecular complexity index is 283. The van der Waals surface area contributed by atoms with E-state index in [1.807, 2.05) is 0 Å². The molecule has 0 aromatic rings. The van der Waals surface area contributed by atoms with E-state index in [1.54, 1.807) is 0 Å². The molecule has 6 rings (SSSR count). The van der Waals surface area contributed by atoms with Crippen LogP contribution in [0.15, 0.2) is 10.2 Å². The first-order valence-electron chi connectivity index (χ1n) is 5.37. The van der Waals surface area contributed by atoms with Gasteiger partial charge in [-0.1, -0.05) is 0 Å². The van der Waals surface area contributed by atoms with Gasteiger partial charge in [-0.15, -0.1) is 0 Å². The topological polar surface area (TPSA) is 24.7 Å². The minimum atomic E-state index is 0.714. The van der Waals surface area contributed by atoms with Gasteiger partial charge in [-0.2, -0.15) is 10.2 Å². The standard InChI is InChI=1S/C10H12N2/c1-2-4-5-3(1)6-7(4)10-8(5)9(6)11-12-10/h3-10H,1-2H2/t3-,4+,5?,6-,7-,8?,9-,10-/m1/s1. The van der Waals surface area contributed by atoms with Crippen LogP contribution >= 0.6 is 0 Å². The molecule has 2 heteroatoms. The average molecular weight is 160 g/mol. The van der Waals surface area contributed by atoms with Crippen LogP contribution in [-0.4, -0.2) is 12.1 Å². The van der Waals surface area contributed by atoms with Gasteiger partial charge in [-0.25, -0.2) is 0 Å². The van der Waals surface area contributed by atoms with Crippen molar-refractivity contribution in [2.75, 3.05) is 0 Å². The molecule has 2 unspecified atom stereocenters. The molecule has 62 valence electrons. The Balaban J connectivity index is 1.85. The summed E-state index contributed by atoms with van der Waals surface area (Å²) in [7, 11) is 0. The summed E-state index contributed by atoms with van der Waals surface area (Å²) in [6.45, 7) is 0. The van der Waals surface area contributed by atoms with Gasteiger partial charge in [0.15, 0.2) is 0 Å². The highest BCUT2D eigenvalue weighted by molar-refractivity contribution is 5.28. The Morgan fingerprint density at radius 1 is 0.667 bits per heavy atom. The molecule has 0 radical (unpaired) electrons. The number of hydrogen-bond acceptors (Lipinski definition) is 2. The van der Waals surface area contributed by atoms with E-state index in [4.69, 9.17) is 0 Å². The lowest BCUT2D eigenvalue weighted by molar-refractivity contribution is 0.209. The van der Waals surface area contributed by atoms with E-state index in [9.17, 15) is 0 Å². The van der Waals surface area contributed by atoms with Gasteiger partial charge in [0, 0.05) is 5.92 Å². The summed E-state index contributed by atoms with van der Waals surface area (Å²) in [4.78, 5) is 0. The monoisotopic (exact) mass is 160 g/mol. The van der Waals surface area contributed by atoms with Crippen LogP contribution in [-0.2, 0) is 0 Å². The molecule has 1 heterocycles. The summed E-state index contributed by atoms with van der Waals surface area (Å²) >= 11 is 0. The van der Waals surface area contributed by atoms with Crippen molar-refractivity contribution >= 4 is 0 Å². The summed E-state index contributed by atoms with van der Waals surface area (Å²) in [6, 6.07) is 1.43. The van der Waals surface area contributed by atoms with Crippen LogP contribution in [0.2, 0.25) is 0 Å². The fourth-order valence-electron chi connectivity index (χ4n) is 5.72.